The van der Waals surface area contributed by atoms with Crippen molar-refractivity contribution >= 4 is 39.7 Å². The van der Waals surface area contributed by atoms with Crippen molar-refractivity contribution in [2.75, 3.05) is 10.6 Å². The van der Waals surface area contributed by atoms with E-state index in [1.807, 2.05) is 78.9 Å². The molecule has 1 atom stereocenters. The van der Waals surface area contributed by atoms with Gasteiger partial charge in [0.1, 0.15) is 6.04 Å². The van der Waals surface area contributed by atoms with Gasteiger partial charge in [-0.2, -0.15) is 0 Å². The second-order valence-corrected chi connectivity index (χ2v) is 8.33. The van der Waals surface area contributed by atoms with E-state index >= 15 is 0 Å². The molecule has 0 spiro atoms. The summed E-state index contributed by atoms with van der Waals surface area (Å²) in [6.45, 7) is 0.351. The highest BCUT2D eigenvalue weighted by Crippen LogP contribution is 2.34. The Morgan fingerprint density at radius 1 is 0.969 bits per heavy atom. The standard InChI is InChI=1S/C25H20N4O2S/c30-23(28-25-26-13-14-32-25)22(17-7-3-1-4-8-17)29-16-18-15-20(11-12-21(18)24(29)31)27-19-9-5-2-6-10-19/h1-15,22,27H,16H2,(H,26,28,30). The van der Waals surface area contributed by atoms with E-state index in [1.165, 1.54) is 11.3 Å². The number of rotatable bonds is 6. The molecule has 1 aromatic heterocycles. The monoisotopic (exact) mass is 440 g/mol. The van der Waals surface area contributed by atoms with Gasteiger partial charge in [0.2, 0.25) is 0 Å². The van der Waals surface area contributed by atoms with Crippen LogP contribution >= 0.6 is 11.3 Å². The Kier molecular flexibility index (Phi) is 5.39. The number of fused-ring (bicyclic) bond motifs is 1. The van der Waals surface area contributed by atoms with Crippen LogP contribution < -0.4 is 10.6 Å². The Balaban J connectivity index is 1.44. The lowest BCUT2D eigenvalue weighted by atomic mass is 10.0. The van der Waals surface area contributed by atoms with Gasteiger partial charge in [0.25, 0.3) is 11.8 Å². The van der Waals surface area contributed by atoms with Crippen LogP contribution in [0.5, 0.6) is 0 Å². The van der Waals surface area contributed by atoms with E-state index < -0.39 is 6.04 Å². The zero-order valence-corrected chi connectivity index (χ0v) is 17.9. The van der Waals surface area contributed by atoms with E-state index in [-0.39, 0.29) is 11.8 Å². The van der Waals surface area contributed by atoms with Gasteiger partial charge in [-0.05, 0) is 41.5 Å². The molecular weight excluding hydrogens is 420 g/mol. The van der Waals surface area contributed by atoms with E-state index in [9.17, 15) is 9.59 Å². The number of amides is 2. The van der Waals surface area contributed by atoms with Gasteiger partial charge in [-0.1, -0.05) is 48.5 Å². The van der Waals surface area contributed by atoms with Crippen molar-refractivity contribution < 1.29 is 9.59 Å². The van der Waals surface area contributed by atoms with E-state index in [4.69, 9.17) is 0 Å². The molecule has 1 unspecified atom stereocenters. The van der Waals surface area contributed by atoms with Crippen molar-refractivity contribution in [2.45, 2.75) is 12.6 Å². The molecule has 3 aromatic carbocycles. The fourth-order valence-electron chi connectivity index (χ4n) is 3.88. The molecule has 4 aromatic rings. The third-order valence-electron chi connectivity index (χ3n) is 5.34. The summed E-state index contributed by atoms with van der Waals surface area (Å²) in [6.07, 6.45) is 1.63. The first-order valence-electron chi connectivity index (χ1n) is 10.2. The molecule has 0 radical (unpaired) electrons. The first-order chi connectivity index (χ1) is 15.7. The molecule has 1 aliphatic rings. The third kappa shape index (κ3) is 3.98. The summed E-state index contributed by atoms with van der Waals surface area (Å²) < 4.78 is 0. The molecule has 0 bridgehead atoms. The zero-order chi connectivity index (χ0) is 21.9. The number of nitrogens with zero attached hydrogens (tertiary/aromatic N) is 2. The first-order valence-corrected chi connectivity index (χ1v) is 11.1. The SMILES string of the molecule is O=C(Nc1nccs1)C(c1ccccc1)N1Cc2cc(Nc3ccccc3)ccc2C1=O. The van der Waals surface area contributed by atoms with E-state index in [1.54, 1.807) is 16.5 Å². The van der Waals surface area contributed by atoms with Crippen LogP contribution in [0, 0.1) is 0 Å². The summed E-state index contributed by atoms with van der Waals surface area (Å²) in [7, 11) is 0. The molecule has 5 rings (SSSR count). The minimum atomic E-state index is -0.759. The molecular formula is C25H20N4O2S. The number of aromatic nitrogens is 1. The van der Waals surface area contributed by atoms with Gasteiger partial charge in [0.15, 0.2) is 5.13 Å². The molecule has 2 amide bonds. The lowest BCUT2D eigenvalue weighted by Crippen LogP contribution is -2.37. The quantitative estimate of drug-likeness (QED) is 0.431. The number of nitrogens with one attached hydrogen (secondary N) is 2. The Bertz CT molecular complexity index is 1240. The lowest BCUT2D eigenvalue weighted by Gasteiger charge is -2.27. The smallest absolute Gasteiger partial charge is 0.255 e. The topological polar surface area (TPSA) is 74.3 Å². The normalized spacial score (nSPS) is 13.5. The van der Waals surface area contributed by atoms with Crippen LogP contribution in [0.4, 0.5) is 16.5 Å². The highest BCUT2D eigenvalue weighted by atomic mass is 32.1. The van der Waals surface area contributed by atoms with Crippen molar-refractivity contribution in [1.82, 2.24) is 9.88 Å². The third-order valence-corrected chi connectivity index (χ3v) is 6.03. The molecule has 0 aliphatic carbocycles. The average molecular weight is 441 g/mol. The first kappa shape index (κ1) is 20.0. The van der Waals surface area contributed by atoms with Crippen molar-refractivity contribution in [3.63, 3.8) is 0 Å². The maximum absolute atomic E-state index is 13.3. The Hall–Kier alpha value is -3.97. The fraction of sp³-hybridized carbons (Fsp3) is 0.0800. The number of carbonyl (C=O) groups is 2. The Morgan fingerprint density at radius 2 is 1.72 bits per heavy atom. The summed E-state index contributed by atoms with van der Waals surface area (Å²) in [5.74, 6) is -0.440. The van der Waals surface area contributed by atoms with Crippen molar-refractivity contribution in [1.29, 1.82) is 0 Å². The maximum Gasteiger partial charge on any atom is 0.255 e. The predicted octanol–water partition coefficient (Wildman–Crippen LogP) is 5.22. The van der Waals surface area contributed by atoms with Crippen molar-refractivity contribution in [3.8, 4) is 0 Å². The number of thiazole rings is 1. The zero-order valence-electron chi connectivity index (χ0n) is 17.1. The predicted molar refractivity (Wildman–Crippen MR) is 126 cm³/mol. The van der Waals surface area contributed by atoms with Crippen LogP contribution in [0.3, 0.4) is 0 Å². The number of hydrogen-bond donors (Lipinski definition) is 2. The van der Waals surface area contributed by atoms with Crippen LogP contribution in [0.2, 0.25) is 0 Å². The molecule has 158 valence electrons. The average Bonchev–Trinajstić information content (AvgIpc) is 3.43. The molecule has 6 nitrogen and oxygen atoms in total. The fourth-order valence-corrected chi connectivity index (χ4v) is 4.42. The van der Waals surface area contributed by atoms with Crippen LogP contribution in [0.15, 0.2) is 90.4 Å². The van der Waals surface area contributed by atoms with Gasteiger partial charge in [0, 0.05) is 35.1 Å². The molecule has 0 saturated heterocycles. The number of benzene rings is 3. The van der Waals surface area contributed by atoms with Gasteiger partial charge in [-0.25, -0.2) is 4.98 Å². The second-order valence-electron chi connectivity index (χ2n) is 7.44. The molecule has 2 heterocycles. The molecule has 0 saturated carbocycles. The minimum Gasteiger partial charge on any atom is -0.356 e. The largest absolute Gasteiger partial charge is 0.356 e. The van der Waals surface area contributed by atoms with Gasteiger partial charge in [0.05, 0.1) is 0 Å². The second kappa shape index (κ2) is 8.64. The van der Waals surface area contributed by atoms with Crippen LogP contribution in [-0.2, 0) is 11.3 Å². The van der Waals surface area contributed by atoms with E-state index in [0.717, 1.165) is 22.5 Å². The maximum atomic E-state index is 13.3. The molecule has 7 heteroatoms. The summed E-state index contributed by atoms with van der Waals surface area (Å²) in [4.78, 5) is 32.3. The number of para-hydroxylation sites is 1. The lowest BCUT2D eigenvalue weighted by molar-refractivity contribution is -0.120. The summed E-state index contributed by atoms with van der Waals surface area (Å²) in [6, 6.07) is 24.2. The van der Waals surface area contributed by atoms with Crippen LogP contribution in [-0.4, -0.2) is 21.7 Å². The molecule has 1 aliphatic heterocycles. The highest BCUT2D eigenvalue weighted by molar-refractivity contribution is 7.13. The van der Waals surface area contributed by atoms with E-state index in [0.29, 0.717) is 17.2 Å². The van der Waals surface area contributed by atoms with Gasteiger partial charge < -0.3 is 10.2 Å². The summed E-state index contributed by atoms with van der Waals surface area (Å²) in [5.41, 5.74) is 4.13. The molecule has 32 heavy (non-hydrogen) atoms. The summed E-state index contributed by atoms with van der Waals surface area (Å²) in [5, 5.41) is 8.52. The van der Waals surface area contributed by atoms with Crippen LogP contribution in [0.1, 0.15) is 27.5 Å². The van der Waals surface area contributed by atoms with Gasteiger partial charge in [-0.3, -0.25) is 14.9 Å². The summed E-state index contributed by atoms with van der Waals surface area (Å²) >= 11 is 1.34. The highest BCUT2D eigenvalue weighted by Gasteiger charge is 2.37. The van der Waals surface area contributed by atoms with Crippen molar-refractivity contribution in [2.24, 2.45) is 0 Å². The van der Waals surface area contributed by atoms with Gasteiger partial charge >= 0.3 is 0 Å². The van der Waals surface area contributed by atoms with Crippen LogP contribution in [0.25, 0.3) is 0 Å². The Labute approximate surface area is 189 Å². The van der Waals surface area contributed by atoms with Crippen molar-refractivity contribution in [3.05, 3.63) is 107 Å². The molecule has 0 fully saturated rings. The number of carbonyl (C=O) groups excluding carboxylic acids is 2. The molecule has 2 N–H and O–H groups in total. The minimum absolute atomic E-state index is 0.158. The number of anilines is 3. The van der Waals surface area contributed by atoms with Gasteiger partial charge in [-0.15, -0.1) is 11.3 Å². The van der Waals surface area contributed by atoms with E-state index in [2.05, 4.69) is 15.6 Å². The number of hydrogen-bond acceptors (Lipinski definition) is 5. The Morgan fingerprint density at radius 3 is 2.44 bits per heavy atom.